The number of tetrazole rings is 2. The van der Waals surface area contributed by atoms with Gasteiger partial charge in [-0.1, -0.05) is 0 Å². The van der Waals surface area contributed by atoms with Gasteiger partial charge in [-0.25, -0.2) is 9.97 Å². The van der Waals surface area contributed by atoms with E-state index in [9.17, 15) is 9.59 Å². The van der Waals surface area contributed by atoms with Gasteiger partial charge >= 0.3 is 0 Å². The quantitative estimate of drug-likeness (QED) is 0.322. The molecule has 0 unspecified atom stereocenters. The van der Waals surface area contributed by atoms with E-state index in [1.54, 1.807) is 12.1 Å². The molecule has 2 atom stereocenters. The van der Waals surface area contributed by atoms with Crippen LogP contribution >= 0.6 is 0 Å². The first-order chi connectivity index (χ1) is 15.5. The fourth-order valence-corrected chi connectivity index (χ4v) is 3.59. The molecule has 0 spiro atoms. The van der Waals surface area contributed by atoms with Crippen LogP contribution in [0.4, 0.5) is 0 Å². The molecule has 162 valence electrons. The Hall–Kier alpha value is -4.36. The maximum absolute atomic E-state index is 13.1. The van der Waals surface area contributed by atoms with E-state index < -0.39 is 0 Å². The summed E-state index contributed by atoms with van der Waals surface area (Å²) in [5.74, 6) is 0. The zero-order valence-electron chi connectivity index (χ0n) is 17.2. The summed E-state index contributed by atoms with van der Waals surface area (Å²) in [6, 6.07) is 2.70. The van der Waals surface area contributed by atoms with Crippen LogP contribution in [0.2, 0.25) is 0 Å². The first-order valence-electron chi connectivity index (χ1n) is 9.84. The summed E-state index contributed by atoms with van der Waals surface area (Å²) >= 11 is 0. The van der Waals surface area contributed by atoms with Crippen LogP contribution in [0.5, 0.6) is 0 Å². The average molecular weight is 434 g/mol. The van der Waals surface area contributed by atoms with E-state index in [-0.39, 0.29) is 23.2 Å². The van der Waals surface area contributed by atoms with Gasteiger partial charge in [-0.3, -0.25) is 18.7 Å². The smallest absolute Gasteiger partial charge is 0.261 e. The number of rotatable bonds is 6. The predicted molar refractivity (Wildman–Crippen MR) is 111 cm³/mol. The van der Waals surface area contributed by atoms with E-state index in [1.165, 1.54) is 44.0 Å². The Morgan fingerprint density at radius 1 is 0.750 bits per heavy atom. The summed E-state index contributed by atoms with van der Waals surface area (Å²) in [4.78, 5) is 37.8. The van der Waals surface area contributed by atoms with Crippen LogP contribution in [0.3, 0.4) is 0 Å². The number of benzene rings is 1. The molecule has 0 bridgehead atoms. The number of nitrogens with zero attached hydrogens (tertiary/aromatic N) is 12. The minimum absolute atomic E-state index is 0.235. The molecule has 5 aromatic rings. The van der Waals surface area contributed by atoms with Gasteiger partial charge in [0.15, 0.2) is 12.7 Å². The zero-order chi connectivity index (χ0) is 22.2. The summed E-state index contributed by atoms with van der Waals surface area (Å²) in [6.45, 7) is 4.45. The minimum atomic E-state index is -0.253. The van der Waals surface area contributed by atoms with Crippen LogP contribution in [0.15, 0.2) is 47.0 Å². The monoisotopic (exact) mass is 434 g/mol. The largest absolute Gasteiger partial charge is 0.294 e. The Morgan fingerprint density at radius 3 is 1.56 bits per heavy atom. The summed E-state index contributed by atoms with van der Waals surface area (Å²) in [5.41, 5.74) is 0.376. The Labute approximate surface area is 179 Å². The van der Waals surface area contributed by atoms with Crippen molar-refractivity contribution in [1.29, 1.82) is 0 Å². The van der Waals surface area contributed by atoms with Crippen molar-refractivity contribution < 1.29 is 0 Å². The summed E-state index contributed by atoms with van der Waals surface area (Å²) in [7, 11) is 0. The highest BCUT2D eigenvalue weighted by atomic mass is 16.1. The predicted octanol–water partition coefficient (Wildman–Crippen LogP) is -0.398. The van der Waals surface area contributed by atoms with Crippen molar-refractivity contribution >= 4 is 21.8 Å². The van der Waals surface area contributed by atoms with Gasteiger partial charge in [0.2, 0.25) is 0 Å². The van der Waals surface area contributed by atoms with Crippen molar-refractivity contribution in [2.75, 3.05) is 0 Å². The van der Waals surface area contributed by atoms with Gasteiger partial charge in [0.1, 0.15) is 0 Å². The molecule has 0 aliphatic heterocycles. The van der Waals surface area contributed by atoms with E-state index in [4.69, 9.17) is 0 Å². The summed E-state index contributed by atoms with van der Waals surface area (Å²) in [5, 5.41) is 23.7. The molecule has 0 aliphatic carbocycles. The lowest BCUT2D eigenvalue weighted by atomic mass is 10.1. The van der Waals surface area contributed by atoms with Crippen LogP contribution in [-0.4, -0.2) is 59.5 Å². The Bertz CT molecular complexity index is 1390. The van der Waals surface area contributed by atoms with Crippen molar-refractivity contribution in [1.82, 2.24) is 59.5 Å². The fraction of sp³-hybridized carbons (Fsp3) is 0.333. The SMILES string of the molecule is C[C@H](Cn1ncnn1)n1cnc2cc3c(=O)n([C@H](C)Cn4ncnn4)cnc3cc2c1=O. The Kier molecular flexibility index (Phi) is 4.73. The molecule has 0 aliphatic rings. The summed E-state index contributed by atoms with van der Waals surface area (Å²) < 4.78 is 3.01. The molecular formula is C18H18N12O2. The van der Waals surface area contributed by atoms with Crippen molar-refractivity contribution in [3.8, 4) is 0 Å². The molecule has 0 N–H and O–H groups in total. The third-order valence-corrected chi connectivity index (χ3v) is 5.27. The van der Waals surface area contributed by atoms with Crippen molar-refractivity contribution in [2.24, 2.45) is 0 Å². The molecule has 32 heavy (non-hydrogen) atoms. The number of hydrogen-bond acceptors (Lipinski definition) is 10. The third kappa shape index (κ3) is 3.40. The second-order valence-electron chi connectivity index (χ2n) is 7.48. The maximum Gasteiger partial charge on any atom is 0.261 e. The lowest BCUT2D eigenvalue weighted by molar-refractivity contribution is 0.389. The fourth-order valence-electron chi connectivity index (χ4n) is 3.59. The van der Waals surface area contributed by atoms with Crippen LogP contribution < -0.4 is 11.1 Å². The Morgan fingerprint density at radius 2 is 1.19 bits per heavy atom. The highest BCUT2D eigenvalue weighted by molar-refractivity contribution is 5.93. The molecule has 0 radical (unpaired) electrons. The van der Waals surface area contributed by atoms with E-state index in [0.29, 0.717) is 34.9 Å². The minimum Gasteiger partial charge on any atom is -0.294 e. The normalized spacial score (nSPS) is 13.6. The van der Waals surface area contributed by atoms with E-state index in [1.807, 2.05) is 13.8 Å². The highest BCUT2D eigenvalue weighted by Crippen LogP contribution is 2.17. The molecule has 5 rings (SSSR count). The van der Waals surface area contributed by atoms with Crippen molar-refractivity contribution in [3.63, 3.8) is 0 Å². The van der Waals surface area contributed by atoms with Gasteiger partial charge in [0, 0.05) is 0 Å². The molecule has 0 saturated carbocycles. The Balaban J connectivity index is 1.54. The first-order valence-corrected chi connectivity index (χ1v) is 9.84. The number of aromatic nitrogens is 12. The molecule has 0 fully saturated rings. The molecule has 4 heterocycles. The lowest BCUT2D eigenvalue weighted by Crippen LogP contribution is -2.28. The van der Waals surface area contributed by atoms with Crippen LogP contribution in [0.1, 0.15) is 25.9 Å². The third-order valence-electron chi connectivity index (χ3n) is 5.27. The maximum atomic E-state index is 13.1. The van der Waals surface area contributed by atoms with Gasteiger partial charge in [-0.15, -0.1) is 20.4 Å². The van der Waals surface area contributed by atoms with Crippen molar-refractivity contribution in [2.45, 2.75) is 39.0 Å². The molecule has 4 aromatic heterocycles. The van der Waals surface area contributed by atoms with Gasteiger partial charge in [-0.2, -0.15) is 9.59 Å². The molecule has 14 heteroatoms. The standard InChI is InChI=1S/C18H18N12O2/c1-11(5-29-23-7-21-25-29)27-9-19-15-4-14-16(3-13(15)17(27)31)20-10-28(18(14)32)12(2)6-30-24-8-22-26-30/h3-4,7-12H,5-6H2,1-2H3/t11-,12-/m1/s1. The zero-order valence-corrected chi connectivity index (χ0v) is 17.2. The number of fused-ring (bicyclic) bond motifs is 2. The van der Waals surface area contributed by atoms with E-state index >= 15 is 0 Å². The molecule has 0 amide bonds. The molecular weight excluding hydrogens is 416 g/mol. The van der Waals surface area contributed by atoms with Gasteiger partial charge in [0.05, 0.1) is 59.6 Å². The van der Waals surface area contributed by atoms with Crippen LogP contribution in [-0.2, 0) is 13.1 Å². The molecule has 0 saturated heterocycles. The first kappa shape index (κ1) is 19.6. The topological polar surface area (TPSA) is 157 Å². The second-order valence-corrected chi connectivity index (χ2v) is 7.48. The average Bonchev–Trinajstić information content (AvgIpc) is 3.48. The van der Waals surface area contributed by atoms with Crippen LogP contribution in [0, 0.1) is 0 Å². The summed E-state index contributed by atoms with van der Waals surface area (Å²) in [6.07, 6.45) is 5.60. The highest BCUT2D eigenvalue weighted by Gasteiger charge is 2.16. The molecule has 14 nitrogen and oxygen atoms in total. The van der Waals surface area contributed by atoms with Crippen LogP contribution in [0.25, 0.3) is 21.8 Å². The van der Waals surface area contributed by atoms with Gasteiger partial charge in [0.25, 0.3) is 11.1 Å². The van der Waals surface area contributed by atoms with Gasteiger partial charge in [-0.05, 0) is 36.4 Å². The second kappa shape index (κ2) is 7.72. The lowest BCUT2D eigenvalue weighted by Gasteiger charge is -2.15. The van der Waals surface area contributed by atoms with Crippen molar-refractivity contribution in [3.05, 3.63) is 58.1 Å². The van der Waals surface area contributed by atoms with E-state index in [2.05, 4.69) is 40.8 Å². The molecule has 1 aromatic carbocycles. The van der Waals surface area contributed by atoms with E-state index in [0.717, 1.165) is 0 Å². The van der Waals surface area contributed by atoms with Gasteiger partial charge < -0.3 is 0 Å². The number of hydrogen-bond donors (Lipinski definition) is 0.